The second-order valence-electron chi connectivity index (χ2n) is 3.74. The lowest BCUT2D eigenvalue weighted by Crippen LogP contribution is -2.18. The molecule has 100 valence electrons. The summed E-state index contributed by atoms with van der Waals surface area (Å²) in [6.45, 7) is 4.05. The fourth-order valence-corrected chi connectivity index (χ4v) is 3.27. The van der Waals surface area contributed by atoms with Crippen LogP contribution in [0.2, 0.25) is 0 Å². The van der Waals surface area contributed by atoms with Gasteiger partial charge < -0.3 is 5.73 Å². The summed E-state index contributed by atoms with van der Waals surface area (Å²) in [7, 11) is 0. The molecule has 0 unspecified atom stereocenters. The van der Waals surface area contributed by atoms with Gasteiger partial charge >= 0.3 is 0 Å². The predicted molar refractivity (Wildman–Crippen MR) is 75.8 cm³/mol. The van der Waals surface area contributed by atoms with Crippen LogP contribution in [-0.4, -0.2) is 25.4 Å². The fourth-order valence-electron chi connectivity index (χ4n) is 1.79. The molecule has 0 saturated heterocycles. The van der Waals surface area contributed by atoms with Crippen molar-refractivity contribution in [2.24, 2.45) is 5.73 Å². The summed E-state index contributed by atoms with van der Waals surface area (Å²) in [5, 5.41) is 16.8. The van der Waals surface area contributed by atoms with Crippen molar-refractivity contribution >= 4 is 29.1 Å². The summed E-state index contributed by atoms with van der Waals surface area (Å²) in [6.07, 6.45) is 3.05. The van der Waals surface area contributed by atoms with Gasteiger partial charge in [-0.25, -0.2) is 4.98 Å². The molecule has 0 aromatic carbocycles. The Hall–Kier alpha value is -1.54. The molecule has 2 heterocycles. The molecule has 0 aliphatic heterocycles. The number of nitrogen functional groups attached to an aromatic ring is 1. The van der Waals surface area contributed by atoms with Crippen LogP contribution in [0, 0.1) is 5.41 Å². The molecule has 0 fully saturated rings. The number of nitrogens with zero attached hydrogens (tertiary/aromatic N) is 4. The Kier molecular flexibility index (Phi) is 4.43. The van der Waals surface area contributed by atoms with E-state index in [0.717, 1.165) is 28.4 Å². The third kappa shape index (κ3) is 2.90. The van der Waals surface area contributed by atoms with Crippen LogP contribution in [0.4, 0.5) is 0 Å². The molecule has 2 rings (SSSR count). The van der Waals surface area contributed by atoms with Gasteiger partial charge in [-0.15, -0.1) is 5.10 Å². The highest BCUT2D eigenvalue weighted by Crippen LogP contribution is 2.31. The lowest BCUT2D eigenvalue weighted by molar-refractivity contribution is 0.819. The summed E-state index contributed by atoms with van der Waals surface area (Å²) < 4.78 is 4.71. The second-order valence-corrected chi connectivity index (χ2v) is 5.75. The molecule has 6 nitrogen and oxygen atoms in total. The molecule has 0 spiro atoms. The number of amidine groups is 1. The summed E-state index contributed by atoms with van der Waals surface area (Å²) in [4.78, 5) is 4.10. The second kappa shape index (κ2) is 6.07. The first-order valence-electron chi connectivity index (χ1n) is 5.84. The molecular weight excluding hydrogens is 280 g/mol. The van der Waals surface area contributed by atoms with Crippen LogP contribution >= 0.6 is 23.3 Å². The average Bonchev–Trinajstić information content (AvgIpc) is 2.90. The third-order valence-corrected chi connectivity index (χ3v) is 4.30. The zero-order valence-electron chi connectivity index (χ0n) is 10.7. The zero-order valence-corrected chi connectivity index (χ0v) is 12.3. The maximum Gasteiger partial charge on any atom is 0.176 e. The highest BCUT2D eigenvalue weighted by molar-refractivity contribution is 8.01. The summed E-state index contributed by atoms with van der Waals surface area (Å²) >= 11 is 2.63. The van der Waals surface area contributed by atoms with Gasteiger partial charge in [0.25, 0.3) is 0 Å². The first-order chi connectivity index (χ1) is 9.17. The van der Waals surface area contributed by atoms with E-state index in [1.807, 2.05) is 13.8 Å². The maximum atomic E-state index is 7.78. The van der Waals surface area contributed by atoms with Crippen molar-refractivity contribution in [3.05, 3.63) is 23.1 Å². The van der Waals surface area contributed by atoms with Crippen molar-refractivity contribution in [3.8, 4) is 0 Å². The molecule has 0 amide bonds. The van der Waals surface area contributed by atoms with E-state index in [4.69, 9.17) is 11.1 Å². The summed E-state index contributed by atoms with van der Waals surface area (Å²) in [6, 6.07) is 0. The van der Waals surface area contributed by atoms with Gasteiger partial charge in [0.2, 0.25) is 0 Å². The Bertz CT molecular complexity index is 581. The minimum absolute atomic E-state index is 0.0217. The van der Waals surface area contributed by atoms with Crippen molar-refractivity contribution in [1.29, 1.82) is 5.41 Å². The monoisotopic (exact) mass is 294 g/mol. The molecule has 0 radical (unpaired) electrons. The van der Waals surface area contributed by atoms with Crippen molar-refractivity contribution < 1.29 is 0 Å². The molecule has 19 heavy (non-hydrogen) atoms. The van der Waals surface area contributed by atoms with Crippen LogP contribution in [0.25, 0.3) is 0 Å². The van der Waals surface area contributed by atoms with E-state index in [0.29, 0.717) is 10.6 Å². The van der Waals surface area contributed by atoms with Gasteiger partial charge in [-0.3, -0.25) is 5.41 Å². The van der Waals surface area contributed by atoms with E-state index < -0.39 is 0 Å². The van der Waals surface area contributed by atoms with Crippen LogP contribution in [0.5, 0.6) is 0 Å². The Morgan fingerprint density at radius 3 is 2.68 bits per heavy atom. The highest BCUT2D eigenvalue weighted by atomic mass is 32.2. The van der Waals surface area contributed by atoms with Crippen molar-refractivity contribution in [2.75, 3.05) is 0 Å². The normalized spacial score (nSPS) is 10.6. The standard InChI is InChI=1S/C11H14N6S2/c1-3-6-7(4-2)16-17-10(8(6)9(12)13)18-11-14-5-15-19-11/h5H,3-4H2,1-2H3,(H3,12,13). The Balaban J connectivity index is 2.51. The number of rotatable bonds is 5. The predicted octanol–water partition coefficient (Wildman–Crippen LogP) is 1.89. The fraction of sp³-hybridized carbons (Fsp3) is 0.364. The van der Waals surface area contributed by atoms with Crippen molar-refractivity contribution in [1.82, 2.24) is 19.6 Å². The first kappa shape index (κ1) is 13.9. The molecule has 0 bridgehead atoms. The summed E-state index contributed by atoms with van der Waals surface area (Å²) in [5.74, 6) is 0.0217. The highest BCUT2D eigenvalue weighted by Gasteiger charge is 2.18. The lowest BCUT2D eigenvalue weighted by atomic mass is 10.0. The zero-order chi connectivity index (χ0) is 13.8. The van der Waals surface area contributed by atoms with E-state index in [-0.39, 0.29) is 5.84 Å². The van der Waals surface area contributed by atoms with Crippen LogP contribution < -0.4 is 5.73 Å². The van der Waals surface area contributed by atoms with Gasteiger partial charge in [-0.2, -0.15) is 9.47 Å². The van der Waals surface area contributed by atoms with E-state index in [2.05, 4.69) is 19.6 Å². The molecule has 0 aliphatic carbocycles. The third-order valence-electron chi connectivity index (χ3n) is 2.61. The van der Waals surface area contributed by atoms with Gasteiger partial charge in [-0.05, 0) is 41.7 Å². The quantitative estimate of drug-likeness (QED) is 0.645. The molecule has 0 atom stereocenters. The van der Waals surface area contributed by atoms with Crippen molar-refractivity contribution in [2.45, 2.75) is 36.1 Å². The topological polar surface area (TPSA) is 101 Å². The Labute approximate surface area is 119 Å². The number of hydrogen-bond acceptors (Lipinski definition) is 7. The van der Waals surface area contributed by atoms with Gasteiger partial charge in [0, 0.05) is 0 Å². The number of nitrogens with two attached hydrogens (primary N) is 1. The summed E-state index contributed by atoms with van der Waals surface area (Å²) in [5.41, 5.74) is 8.28. The van der Waals surface area contributed by atoms with Gasteiger partial charge in [-0.1, -0.05) is 13.8 Å². The van der Waals surface area contributed by atoms with Crippen LogP contribution in [0.1, 0.15) is 30.7 Å². The average molecular weight is 294 g/mol. The molecule has 0 saturated carbocycles. The van der Waals surface area contributed by atoms with E-state index in [1.165, 1.54) is 29.6 Å². The molecule has 3 N–H and O–H groups in total. The largest absolute Gasteiger partial charge is 0.384 e. The smallest absolute Gasteiger partial charge is 0.176 e. The molecular formula is C11H14N6S2. The first-order valence-corrected chi connectivity index (χ1v) is 7.43. The maximum absolute atomic E-state index is 7.78. The van der Waals surface area contributed by atoms with Crippen LogP contribution in [0.3, 0.4) is 0 Å². The van der Waals surface area contributed by atoms with Crippen LogP contribution in [0.15, 0.2) is 15.7 Å². The van der Waals surface area contributed by atoms with Gasteiger partial charge in [0.1, 0.15) is 17.2 Å². The molecule has 2 aromatic heterocycles. The lowest BCUT2D eigenvalue weighted by Gasteiger charge is -2.12. The number of aromatic nitrogens is 4. The van der Waals surface area contributed by atoms with E-state index in [1.54, 1.807) is 0 Å². The number of nitrogens with one attached hydrogen (secondary N) is 1. The van der Waals surface area contributed by atoms with Gasteiger partial charge in [0.05, 0.1) is 11.3 Å². The van der Waals surface area contributed by atoms with E-state index in [9.17, 15) is 0 Å². The Morgan fingerprint density at radius 1 is 1.37 bits per heavy atom. The number of hydrogen-bond donors (Lipinski definition) is 2. The minimum atomic E-state index is 0.0217. The molecule has 0 aliphatic rings. The molecule has 2 aromatic rings. The molecule has 8 heteroatoms. The van der Waals surface area contributed by atoms with E-state index >= 15 is 0 Å². The number of aryl methyl sites for hydroxylation is 1. The van der Waals surface area contributed by atoms with Gasteiger partial charge in [0.15, 0.2) is 4.34 Å². The van der Waals surface area contributed by atoms with Crippen LogP contribution in [-0.2, 0) is 12.8 Å². The minimum Gasteiger partial charge on any atom is -0.384 e. The SMILES string of the molecule is CCc1nnc(Sc2ncns2)c(C(=N)N)c1CC. The Morgan fingerprint density at radius 2 is 2.16 bits per heavy atom. The van der Waals surface area contributed by atoms with Crippen molar-refractivity contribution in [3.63, 3.8) is 0 Å².